The molecule has 5 rings (SSSR count). The Kier molecular flexibility index (Phi) is 5.92. The summed E-state index contributed by atoms with van der Waals surface area (Å²) in [7, 11) is 0. The summed E-state index contributed by atoms with van der Waals surface area (Å²) in [6.45, 7) is 4.41. The number of ether oxygens (including phenoxy) is 1. The summed E-state index contributed by atoms with van der Waals surface area (Å²) in [5.41, 5.74) is -0.599. The van der Waals surface area contributed by atoms with Crippen LogP contribution < -0.4 is 15.0 Å². The molecule has 1 aliphatic heterocycles. The monoisotopic (exact) mass is 509 g/mol. The average Bonchev–Trinajstić information content (AvgIpc) is 3.29. The van der Waals surface area contributed by atoms with E-state index in [2.05, 4.69) is 25.4 Å². The van der Waals surface area contributed by atoms with Crippen molar-refractivity contribution in [2.75, 3.05) is 29.9 Å². The molecule has 1 saturated heterocycles. The van der Waals surface area contributed by atoms with Crippen molar-refractivity contribution in [2.45, 2.75) is 51.4 Å². The summed E-state index contributed by atoms with van der Waals surface area (Å²) in [5, 5.41) is 18.4. The van der Waals surface area contributed by atoms with Crippen LogP contribution in [-0.2, 0) is 5.60 Å². The van der Waals surface area contributed by atoms with Crippen LogP contribution in [-0.4, -0.2) is 61.6 Å². The lowest BCUT2D eigenvalue weighted by atomic mass is 9.92. The van der Waals surface area contributed by atoms with Crippen LogP contribution in [0.2, 0.25) is 0 Å². The fourth-order valence-electron chi connectivity index (χ4n) is 5.18. The van der Waals surface area contributed by atoms with Crippen LogP contribution in [0, 0.1) is 24.6 Å². The van der Waals surface area contributed by atoms with E-state index in [0.717, 1.165) is 12.8 Å². The minimum Gasteiger partial charge on any atom is -0.480 e. The second-order valence-electron chi connectivity index (χ2n) is 9.99. The highest BCUT2D eigenvalue weighted by atomic mass is 19.4. The highest BCUT2D eigenvalue weighted by molar-refractivity contribution is 5.57. The molecule has 2 aliphatic rings. The van der Waals surface area contributed by atoms with E-state index in [-0.39, 0.29) is 35.2 Å². The maximum Gasteiger partial charge on any atom is 0.422 e. The Balaban J connectivity index is 1.41. The first-order valence-electron chi connectivity index (χ1n) is 11.7. The standard InChI is InChI=1S/C23H27F4N7O2/c1-12-17(24)20(29-11-28-12)33-8-13-4-5-14(9-33)18(13)30-21-31-19-15(36-10-23(25,26)27)6-7-16(22(2,3)35)34(19)32-21/h6-7,11,13-14,18,35H,4-5,8-10H2,1-3H3,(H,30,32). The molecule has 4 heterocycles. The molecule has 13 heteroatoms. The number of fused-ring (bicyclic) bond motifs is 3. The molecule has 3 aromatic rings. The van der Waals surface area contributed by atoms with Crippen LogP contribution in [0.3, 0.4) is 0 Å². The molecule has 2 atom stereocenters. The van der Waals surface area contributed by atoms with E-state index in [1.54, 1.807) is 20.8 Å². The van der Waals surface area contributed by atoms with Gasteiger partial charge in [-0.15, -0.1) is 5.10 Å². The molecule has 194 valence electrons. The van der Waals surface area contributed by atoms with Gasteiger partial charge in [-0.1, -0.05) is 0 Å². The van der Waals surface area contributed by atoms with Crippen LogP contribution in [0.5, 0.6) is 5.75 Å². The fourth-order valence-corrected chi connectivity index (χ4v) is 5.18. The maximum atomic E-state index is 14.6. The second-order valence-corrected chi connectivity index (χ2v) is 9.99. The predicted molar refractivity (Wildman–Crippen MR) is 122 cm³/mol. The normalized spacial score (nSPS) is 22.3. The summed E-state index contributed by atoms with van der Waals surface area (Å²) in [6, 6.07) is 2.82. The Morgan fingerprint density at radius 3 is 2.47 bits per heavy atom. The molecule has 2 N–H and O–H groups in total. The quantitative estimate of drug-likeness (QED) is 0.488. The largest absolute Gasteiger partial charge is 0.480 e. The number of aromatic nitrogens is 5. The van der Waals surface area contributed by atoms with Crippen molar-refractivity contribution in [1.29, 1.82) is 0 Å². The number of piperidine rings is 1. The van der Waals surface area contributed by atoms with Gasteiger partial charge < -0.3 is 20.1 Å². The molecular weight excluding hydrogens is 482 g/mol. The van der Waals surface area contributed by atoms with Gasteiger partial charge >= 0.3 is 6.18 Å². The van der Waals surface area contributed by atoms with E-state index < -0.39 is 24.2 Å². The lowest BCUT2D eigenvalue weighted by molar-refractivity contribution is -0.153. The Bertz CT molecular complexity index is 1260. The molecule has 0 amide bonds. The third kappa shape index (κ3) is 4.63. The molecule has 0 aromatic carbocycles. The molecule has 2 fully saturated rings. The Labute approximate surface area is 204 Å². The number of aryl methyl sites for hydroxylation is 1. The van der Waals surface area contributed by atoms with Gasteiger partial charge in [0.2, 0.25) is 5.95 Å². The number of hydrogen-bond acceptors (Lipinski definition) is 8. The smallest absolute Gasteiger partial charge is 0.422 e. The molecule has 0 spiro atoms. The molecule has 9 nitrogen and oxygen atoms in total. The highest BCUT2D eigenvalue weighted by Gasteiger charge is 2.43. The number of nitrogens with one attached hydrogen (secondary N) is 1. The number of halogens is 4. The van der Waals surface area contributed by atoms with E-state index in [1.165, 1.54) is 23.0 Å². The van der Waals surface area contributed by atoms with E-state index in [4.69, 9.17) is 4.74 Å². The zero-order chi connectivity index (χ0) is 25.8. The fraction of sp³-hybridized carbons (Fsp3) is 0.565. The van der Waals surface area contributed by atoms with Crippen LogP contribution in [0.4, 0.5) is 29.3 Å². The third-order valence-corrected chi connectivity index (χ3v) is 6.84. The molecule has 3 aromatic heterocycles. The molecule has 36 heavy (non-hydrogen) atoms. The van der Waals surface area contributed by atoms with Crippen molar-refractivity contribution in [3.63, 3.8) is 0 Å². The third-order valence-electron chi connectivity index (χ3n) is 6.84. The molecule has 1 aliphatic carbocycles. The predicted octanol–water partition coefficient (Wildman–Crippen LogP) is 3.46. The first-order chi connectivity index (χ1) is 16.9. The van der Waals surface area contributed by atoms with Crippen molar-refractivity contribution in [1.82, 2.24) is 24.6 Å². The summed E-state index contributed by atoms with van der Waals surface area (Å²) in [4.78, 5) is 14.4. The first-order valence-corrected chi connectivity index (χ1v) is 11.7. The van der Waals surface area contributed by atoms with Crippen molar-refractivity contribution < 1.29 is 27.4 Å². The summed E-state index contributed by atoms with van der Waals surface area (Å²) in [6.07, 6.45) is -1.30. The lowest BCUT2D eigenvalue weighted by Gasteiger charge is -2.38. The van der Waals surface area contributed by atoms with E-state index in [0.29, 0.717) is 30.3 Å². The number of alkyl halides is 3. The van der Waals surface area contributed by atoms with Gasteiger partial charge in [0.15, 0.2) is 29.6 Å². The zero-order valence-corrected chi connectivity index (χ0v) is 20.1. The van der Waals surface area contributed by atoms with Crippen LogP contribution >= 0.6 is 0 Å². The van der Waals surface area contributed by atoms with E-state index >= 15 is 0 Å². The molecule has 2 bridgehead atoms. The number of pyridine rings is 1. The Morgan fingerprint density at radius 1 is 1.14 bits per heavy atom. The summed E-state index contributed by atoms with van der Waals surface area (Å²) < 4.78 is 59.2. The van der Waals surface area contributed by atoms with Gasteiger partial charge in [0, 0.05) is 19.1 Å². The Morgan fingerprint density at radius 2 is 1.83 bits per heavy atom. The Hall–Kier alpha value is -3.22. The van der Waals surface area contributed by atoms with E-state index in [9.17, 15) is 22.7 Å². The molecular formula is C23H27F4N7O2. The maximum absolute atomic E-state index is 14.6. The van der Waals surface area contributed by atoms with Gasteiger partial charge in [-0.3, -0.25) is 0 Å². The van der Waals surface area contributed by atoms with Crippen molar-refractivity contribution >= 4 is 17.4 Å². The van der Waals surface area contributed by atoms with Crippen molar-refractivity contribution in [3.05, 3.63) is 35.7 Å². The van der Waals surface area contributed by atoms with Crippen LogP contribution in [0.15, 0.2) is 18.5 Å². The summed E-state index contributed by atoms with van der Waals surface area (Å²) >= 11 is 0. The summed E-state index contributed by atoms with van der Waals surface area (Å²) in [5.74, 6) is 0.344. The van der Waals surface area contributed by atoms with Crippen molar-refractivity contribution in [2.24, 2.45) is 11.8 Å². The van der Waals surface area contributed by atoms with Gasteiger partial charge in [-0.2, -0.15) is 18.2 Å². The van der Waals surface area contributed by atoms with Crippen LogP contribution in [0.25, 0.3) is 5.65 Å². The van der Waals surface area contributed by atoms with Crippen LogP contribution in [0.1, 0.15) is 38.1 Å². The first kappa shape index (κ1) is 24.5. The van der Waals surface area contributed by atoms with E-state index in [1.807, 2.05) is 4.90 Å². The SMILES string of the molecule is Cc1ncnc(N2CC3CCC(C2)C3Nc2nc3c(OCC(F)(F)F)ccc(C(C)(C)O)n3n2)c1F. The minimum atomic E-state index is -4.51. The van der Waals surface area contributed by atoms with Gasteiger partial charge in [-0.25, -0.2) is 18.9 Å². The van der Waals surface area contributed by atoms with Crippen molar-refractivity contribution in [3.8, 4) is 5.75 Å². The lowest BCUT2D eigenvalue weighted by Crippen LogP contribution is -2.48. The van der Waals surface area contributed by atoms with Gasteiger partial charge in [0.05, 0.1) is 11.4 Å². The molecule has 0 radical (unpaired) electrons. The molecule has 1 saturated carbocycles. The number of anilines is 2. The van der Waals surface area contributed by atoms with Gasteiger partial charge in [-0.05, 0) is 57.6 Å². The average molecular weight is 510 g/mol. The zero-order valence-electron chi connectivity index (χ0n) is 20.1. The minimum absolute atomic E-state index is 0.00483. The molecule has 2 unspecified atom stereocenters. The van der Waals surface area contributed by atoms with Gasteiger partial charge in [0.25, 0.3) is 0 Å². The topological polar surface area (TPSA) is 101 Å². The van der Waals surface area contributed by atoms with Gasteiger partial charge in [0.1, 0.15) is 11.9 Å². The number of hydrogen-bond donors (Lipinski definition) is 2. The number of rotatable bonds is 6. The number of aliphatic hydroxyl groups is 1. The second kappa shape index (κ2) is 8.71. The number of nitrogens with zero attached hydrogens (tertiary/aromatic N) is 6. The highest BCUT2D eigenvalue weighted by Crippen LogP contribution is 2.40.